The van der Waals surface area contributed by atoms with Crippen LogP contribution in [0.2, 0.25) is 0 Å². The summed E-state index contributed by atoms with van der Waals surface area (Å²) < 4.78 is 0. The van der Waals surface area contributed by atoms with E-state index in [9.17, 15) is 4.79 Å². The summed E-state index contributed by atoms with van der Waals surface area (Å²) in [7, 11) is 0. The Hall–Kier alpha value is -1.76. The molecule has 1 aromatic heterocycles. The summed E-state index contributed by atoms with van der Waals surface area (Å²) in [6.45, 7) is 8.25. The summed E-state index contributed by atoms with van der Waals surface area (Å²) in [5, 5.41) is 12.5. The van der Waals surface area contributed by atoms with Crippen molar-refractivity contribution < 1.29 is 10.0 Å². The van der Waals surface area contributed by atoms with Gasteiger partial charge in [0, 0.05) is 24.8 Å². The van der Waals surface area contributed by atoms with Crippen LogP contribution < -0.4 is 10.8 Å². The molecule has 0 unspecified atom stereocenters. The molecular formula is C19H28N4O2. The van der Waals surface area contributed by atoms with Crippen molar-refractivity contribution >= 4 is 11.5 Å². The van der Waals surface area contributed by atoms with Gasteiger partial charge in [-0.1, -0.05) is 6.08 Å². The van der Waals surface area contributed by atoms with E-state index in [0.717, 1.165) is 29.8 Å². The highest BCUT2D eigenvalue weighted by molar-refractivity contribution is 5.92. The minimum Gasteiger partial charge on any atom is -0.311 e. The number of nitrogens with one attached hydrogen (secondary N) is 2. The van der Waals surface area contributed by atoms with E-state index in [1.165, 1.54) is 38.8 Å². The van der Waals surface area contributed by atoms with Gasteiger partial charge in [-0.3, -0.25) is 19.9 Å². The van der Waals surface area contributed by atoms with Crippen molar-refractivity contribution in [3.63, 3.8) is 0 Å². The van der Waals surface area contributed by atoms with Crippen LogP contribution in [0.4, 0.5) is 0 Å². The van der Waals surface area contributed by atoms with E-state index in [1.54, 1.807) is 17.7 Å². The van der Waals surface area contributed by atoms with Crippen LogP contribution in [0.5, 0.6) is 0 Å². The minimum atomic E-state index is -0.587. The first-order valence-corrected chi connectivity index (χ1v) is 9.12. The summed E-state index contributed by atoms with van der Waals surface area (Å²) >= 11 is 0. The zero-order chi connectivity index (χ0) is 17.9. The quantitative estimate of drug-likeness (QED) is 0.544. The van der Waals surface area contributed by atoms with Crippen LogP contribution in [0.1, 0.15) is 54.2 Å². The predicted octanol–water partition coefficient (Wildman–Crippen LogP) is 2.13. The van der Waals surface area contributed by atoms with E-state index in [4.69, 9.17) is 5.21 Å². The Balaban J connectivity index is 1.68. The second-order valence-corrected chi connectivity index (χ2v) is 7.16. The van der Waals surface area contributed by atoms with Gasteiger partial charge in [-0.2, -0.15) is 0 Å². The van der Waals surface area contributed by atoms with Gasteiger partial charge in [0.15, 0.2) is 0 Å². The van der Waals surface area contributed by atoms with Crippen molar-refractivity contribution in [3.05, 3.63) is 35.2 Å². The summed E-state index contributed by atoms with van der Waals surface area (Å²) in [5.74, 6) is -0.587. The first-order chi connectivity index (χ1) is 12.1. The van der Waals surface area contributed by atoms with Crippen molar-refractivity contribution in [2.45, 2.75) is 45.1 Å². The molecule has 136 valence electrons. The van der Waals surface area contributed by atoms with Gasteiger partial charge in [0.2, 0.25) is 0 Å². The average molecular weight is 344 g/mol. The van der Waals surface area contributed by atoms with Crippen LogP contribution in [-0.2, 0) is 0 Å². The Kier molecular flexibility index (Phi) is 5.51. The number of carbonyl (C=O) groups excluding carboxylic acids is 1. The summed E-state index contributed by atoms with van der Waals surface area (Å²) in [6, 6.07) is 1.74. The number of nitrogens with zero attached hydrogens (tertiary/aromatic N) is 2. The Bertz CT molecular complexity index is 661. The lowest BCUT2D eigenvalue weighted by molar-refractivity contribution is 0.0700. The normalized spacial score (nSPS) is 19.9. The Labute approximate surface area is 149 Å². The molecule has 6 nitrogen and oxygen atoms in total. The summed E-state index contributed by atoms with van der Waals surface area (Å²) in [4.78, 5) is 18.4. The summed E-state index contributed by atoms with van der Waals surface area (Å²) in [5.41, 5.74) is 5.38. The minimum absolute atomic E-state index is 0.221. The molecule has 0 atom stereocenters. The van der Waals surface area contributed by atoms with E-state index >= 15 is 0 Å². The Morgan fingerprint density at radius 2 is 2.12 bits per heavy atom. The van der Waals surface area contributed by atoms with Crippen LogP contribution in [0, 0.1) is 6.92 Å². The monoisotopic (exact) mass is 344 g/mol. The number of pyridine rings is 1. The number of rotatable bonds is 6. The number of allylic oxidation sites excluding steroid dienone is 1. The lowest BCUT2D eigenvalue weighted by Gasteiger charge is -2.32. The van der Waals surface area contributed by atoms with Crippen molar-refractivity contribution in [1.29, 1.82) is 0 Å². The van der Waals surface area contributed by atoms with Gasteiger partial charge >= 0.3 is 0 Å². The van der Waals surface area contributed by atoms with Crippen molar-refractivity contribution in [2.24, 2.45) is 0 Å². The molecule has 0 radical (unpaired) electrons. The second kappa shape index (κ2) is 7.64. The zero-order valence-electron chi connectivity index (χ0n) is 15.1. The fourth-order valence-corrected chi connectivity index (χ4v) is 4.35. The van der Waals surface area contributed by atoms with Gasteiger partial charge in [0.1, 0.15) is 5.69 Å². The maximum atomic E-state index is 11.6. The van der Waals surface area contributed by atoms with Gasteiger partial charge in [-0.25, -0.2) is 5.48 Å². The highest BCUT2D eigenvalue weighted by Gasteiger charge is 2.43. The Morgan fingerprint density at radius 1 is 1.40 bits per heavy atom. The van der Waals surface area contributed by atoms with E-state index in [2.05, 4.69) is 21.3 Å². The second-order valence-electron chi connectivity index (χ2n) is 7.16. The smallest absolute Gasteiger partial charge is 0.293 e. The number of fused-ring (bicyclic) bond motifs is 1. The fraction of sp³-hybridized carbons (Fsp3) is 0.579. The van der Waals surface area contributed by atoms with Crippen LogP contribution >= 0.6 is 0 Å². The van der Waals surface area contributed by atoms with Crippen LogP contribution in [0.25, 0.3) is 5.57 Å². The maximum absolute atomic E-state index is 11.6. The van der Waals surface area contributed by atoms with Crippen LogP contribution in [0.3, 0.4) is 0 Å². The Morgan fingerprint density at radius 3 is 2.76 bits per heavy atom. The third kappa shape index (κ3) is 3.61. The molecule has 1 aromatic rings. The number of aromatic nitrogens is 1. The molecule has 3 rings (SSSR count). The molecular weight excluding hydrogens is 316 g/mol. The number of amides is 1. The highest BCUT2D eigenvalue weighted by Crippen LogP contribution is 2.38. The highest BCUT2D eigenvalue weighted by atomic mass is 16.5. The van der Waals surface area contributed by atoms with Crippen LogP contribution in [0.15, 0.2) is 18.3 Å². The molecule has 2 aliphatic rings. The molecule has 0 aliphatic carbocycles. The molecule has 3 N–H and O–H groups in total. The third-order valence-corrected chi connectivity index (χ3v) is 5.71. The largest absolute Gasteiger partial charge is 0.311 e. The van der Waals surface area contributed by atoms with E-state index in [0.29, 0.717) is 5.54 Å². The number of hydrogen-bond acceptors (Lipinski definition) is 5. The van der Waals surface area contributed by atoms with E-state index < -0.39 is 5.91 Å². The predicted molar refractivity (Wildman–Crippen MR) is 97.5 cm³/mol. The van der Waals surface area contributed by atoms with Crippen LogP contribution in [-0.4, -0.2) is 52.7 Å². The lowest BCUT2D eigenvalue weighted by atomic mass is 9.93. The number of hydroxylamine groups is 1. The molecule has 3 heterocycles. The molecule has 0 aromatic carbocycles. The van der Waals surface area contributed by atoms with Gasteiger partial charge in [0.25, 0.3) is 5.91 Å². The molecule has 2 fully saturated rings. The van der Waals surface area contributed by atoms with Crippen molar-refractivity contribution in [1.82, 2.24) is 20.7 Å². The molecule has 1 amide bonds. The van der Waals surface area contributed by atoms with Crippen molar-refractivity contribution in [2.75, 3.05) is 26.2 Å². The van der Waals surface area contributed by atoms with E-state index in [-0.39, 0.29) is 5.69 Å². The number of hydrogen-bond donors (Lipinski definition) is 3. The van der Waals surface area contributed by atoms with E-state index in [1.807, 2.05) is 13.8 Å². The molecule has 6 heteroatoms. The number of aryl methyl sites for hydroxylation is 1. The number of carbonyl (C=O) groups is 1. The van der Waals surface area contributed by atoms with Gasteiger partial charge in [-0.05, 0) is 75.4 Å². The topological polar surface area (TPSA) is 77.5 Å². The van der Waals surface area contributed by atoms with Crippen molar-refractivity contribution in [3.8, 4) is 0 Å². The molecule has 0 bridgehead atoms. The summed E-state index contributed by atoms with van der Waals surface area (Å²) in [6.07, 6.45) is 8.95. The molecule has 2 aliphatic heterocycles. The SMILES string of the molecule is C/C=C(/CNCC12CCCN1CCC2)c1cc(C(=O)NO)ncc1C. The first-order valence-electron chi connectivity index (χ1n) is 9.12. The molecule has 2 saturated heterocycles. The third-order valence-electron chi connectivity index (χ3n) is 5.71. The first kappa shape index (κ1) is 18.0. The zero-order valence-corrected chi connectivity index (χ0v) is 15.1. The van der Waals surface area contributed by atoms with Gasteiger partial charge in [-0.15, -0.1) is 0 Å². The fourth-order valence-electron chi connectivity index (χ4n) is 4.35. The standard InChI is InChI=1S/C19H28N4O2/c1-3-15(16-10-17(18(24)22-25)21-11-14(16)2)12-20-13-19-6-4-8-23(19)9-5-7-19/h3,10-11,20,25H,4-9,12-13H2,1-2H3,(H,22,24)/b15-3-. The lowest BCUT2D eigenvalue weighted by Crippen LogP contribution is -2.47. The van der Waals surface area contributed by atoms with Gasteiger partial charge < -0.3 is 5.32 Å². The van der Waals surface area contributed by atoms with Gasteiger partial charge in [0.05, 0.1) is 0 Å². The molecule has 0 spiro atoms. The molecule has 0 saturated carbocycles. The molecule has 25 heavy (non-hydrogen) atoms. The maximum Gasteiger partial charge on any atom is 0.293 e. The average Bonchev–Trinajstić information content (AvgIpc) is 3.19.